The molecule has 2 heterocycles. The van der Waals surface area contributed by atoms with Crippen LogP contribution in [0.25, 0.3) is 0 Å². The summed E-state index contributed by atoms with van der Waals surface area (Å²) in [5.74, 6) is 0. The zero-order valence-corrected chi connectivity index (χ0v) is 11.6. The van der Waals surface area contributed by atoms with Gasteiger partial charge < -0.3 is 10.1 Å². The third-order valence-electron chi connectivity index (χ3n) is 3.02. The molecule has 1 saturated heterocycles. The molecule has 1 aromatic rings. The van der Waals surface area contributed by atoms with Crippen LogP contribution in [-0.4, -0.2) is 28.7 Å². The van der Waals surface area contributed by atoms with Crippen LogP contribution in [-0.2, 0) is 4.74 Å². The van der Waals surface area contributed by atoms with E-state index in [2.05, 4.69) is 26.2 Å². The number of nitro groups is 1. The summed E-state index contributed by atoms with van der Waals surface area (Å²) in [5, 5.41) is 14.0. The van der Waals surface area contributed by atoms with Crippen LogP contribution < -0.4 is 5.32 Å². The Bertz CT molecular complexity index is 461. The second-order valence-electron chi connectivity index (χ2n) is 4.53. The zero-order chi connectivity index (χ0) is 13.2. The Kier molecular flexibility index (Phi) is 3.82. The van der Waals surface area contributed by atoms with Crippen molar-refractivity contribution in [1.82, 2.24) is 4.98 Å². The van der Waals surface area contributed by atoms with Gasteiger partial charge in [0, 0.05) is 19.3 Å². The van der Waals surface area contributed by atoms with Gasteiger partial charge in [0.15, 0.2) is 0 Å². The van der Waals surface area contributed by atoms with Gasteiger partial charge in [0.1, 0.15) is 11.9 Å². The Hall–Kier alpha value is -1.21. The summed E-state index contributed by atoms with van der Waals surface area (Å²) < 4.78 is 6.22. The highest BCUT2D eigenvalue weighted by Crippen LogP contribution is 2.33. The first-order valence-electron chi connectivity index (χ1n) is 5.67. The molecule has 1 atom stereocenters. The number of hydrogen-bond acceptors (Lipinski definition) is 5. The summed E-state index contributed by atoms with van der Waals surface area (Å²) in [6, 6.07) is 0. The molecule has 0 radical (unpaired) electrons. The summed E-state index contributed by atoms with van der Waals surface area (Å²) in [6.45, 7) is 3.29. The average Bonchev–Trinajstić information content (AvgIpc) is 2.74. The lowest BCUT2D eigenvalue weighted by molar-refractivity contribution is -0.384. The van der Waals surface area contributed by atoms with Crippen LogP contribution in [0.1, 0.15) is 19.8 Å². The highest BCUT2D eigenvalue weighted by molar-refractivity contribution is 9.10. The van der Waals surface area contributed by atoms with Crippen LogP contribution in [0.2, 0.25) is 0 Å². The standard InChI is InChI=1S/C11H14BrN3O3/c1-11(3-2-4-18-11)7-14-10-8(12)5-13-6-9(10)15(16)17/h5-6H,2-4,7H2,1H3,(H,13,14). The van der Waals surface area contributed by atoms with Crippen LogP contribution in [0.5, 0.6) is 0 Å². The van der Waals surface area contributed by atoms with Gasteiger partial charge in [0.2, 0.25) is 0 Å². The van der Waals surface area contributed by atoms with Crippen molar-refractivity contribution in [1.29, 1.82) is 0 Å². The first-order valence-corrected chi connectivity index (χ1v) is 6.47. The molecule has 1 aliphatic rings. The van der Waals surface area contributed by atoms with E-state index in [1.807, 2.05) is 6.92 Å². The van der Waals surface area contributed by atoms with Gasteiger partial charge in [-0.1, -0.05) is 0 Å². The molecule has 6 nitrogen and oxygen atoms in total. The maximum absolute atomic E-state index is 10.9. The van der Waals surface area contributed by atoms with Crippen LogP contribution in [0.15, 0.2) is 16.9 Å². The number of ether oxygens (including phenoxy) is 1. The Morgan fingerprint density at radius 3 is 3.06 bits per heavy atom. The molecule has 0 saturated carbocycles. The van der Waals surface area contributed by atoms with E-state index in [9.17, 15) is 10.1 Å². The van der Waals surface area contributed by atoms with E-state index in [1.165, 1.54) is 12.4 Å². The quantitative estimate of drug-likeness (QED) is 0.682. The van der Waals surface area contributed by atoms with Crippen molar-refractivity contribution in [2.24, 2.45) is 0 Å². The second kappa shape index (κ2) is 5.19. The molecular weight excluding hydrogens is 302 g/mol. The van der Waals surface area contributed by atoms with Gasteiger partial charge in [0.25, 0.3) is 0 Å². The monoisotopic (exact) mass is 315 g/mol. The highest BCUT2D eigenvalue weighted by atomic mass is 79.9. The van der Waals surface area contributed by atoms with Crippen LogP contribution in [0.3, 0.4) is 0 Å². The Balaban J connectivity index is 2.15. The number of hydrogen-bond donors (Lipinski definition) is 1. The Labute approximate surface area is 113 Å². The molecule has 18 heavy (non-hydrogen) atoms. The fourth-order valence-corrected chi connectivity index (χ4v) is 2.45. The largest absolute Gasteiger partial charge is 0.376 e. The molecule has 1 aliphatic heterocycles. The number of pyridine rings is 1. The maximum Gasteiger partial charge on any atom is 0.311 e. The van der Waals surface area contributed by atoms with Crippen molar-refractivity contribution in [3.05, 3.63) is 27.0 Å². The van der Waals surface area contributed by atoms with E-state index >= 15 is 0 Å². The van der Waals surface area contributed by atoms with E-state index in [4.69, 9.17) is 4.74 Å². The number of nitrogens with zero attached hydrogens (tertiary/aromatic N) is 2. The molecule has 1 fully saturated rings. The van der Waals surface area contributed by atoms with Gasteiger partial charge in [0.05, 0.1) is 15.0 Å². The van der Waals surface area contributed by atoms with Crippen LogP contribution >= 0.6 is 15.9 Å². The van der Waals surface area contributed by atoms with E-state index in [-0.39, 0.29) is 11.3 Å². The molecule has 0 aromatic carbocycles. The number of rotatable bonds is 4. The van der Waals surface area contributed by atoms with Crippen LogP contribution in [0, 0.1) is 10.1 Å². The van der Waals surface area contributed by atoms with Crippen molar-refractivity contribution >= 4 is 27.3 Å². The summed E-state index contributed by atoms with van der Waals surface area (Å²) >= 11 is 3.27. The van der Waals surface area contributed by atoms with Gasteiger partial charge in [-0.15, -0.1) is 0 Å². The first kappa shape index (κ1) is 13.2. The lowest BCUT2D eigenvalue weighted by atomic mass is 10.0. The topological polar surface area (TPSA) is 77.3 Å². The predicted octanol–water partition coefficient (Wildman–Crippen LogP) is 2.73. The van der Waals surface area contributed by atoms with Crippen LogP contribution in [0.4, 0.5) is 11.4 Å². The van der Waals surface area contributed by atoms with E-state index in [1.54, 1.807) is 0 Å². The van der Waals surface area contributed by atoms with Crippen molar-refractivity contribution in [3.63, 3.8) is 0 Å². The van der Waals surface area contributed by atoms with Gasteiger partial charge in [-0.25, -0.2) is 0 Å². The van der Waals surface area contributed by atoms with Crippen molar-refractivity contribution < 1.29 is 9.66 Å². The molecule has 1 aromatic heterocycles. The molecule has 0 bridgehead atoms. The summed E-state index contributed by atoms with van der Waals surface area (Å²) in [5.41, 5.74) is 0.161. The minimum atomic E-state index is -0.446. The predicted molar refractivity (Wildman–Crippen MR) is 70.7 cm³/mol. The lowest BCUT2D eigenvalue weighted by Crippen LogP contribution is -2.32. The smallest absolute Gasteiger partial charge is 0.311 e. The van der Waals surface area contributed by atoms with E-state index in [0.717, 1.165) is 19.4 Å². The van der Waals surface area contributed by atoms with Crippen molar-refractivity contribution in [3.8, 4) is 0 Å². The molecule has 2 rings (SSSR count). The average molecular weight is 316 g/mol. The highest BCUT2D eigenvalue weighted by Gasteiger charge is 2.30. The first-order chi connectivity index (χ1) is 8.52. The molecule has 1 N–H and O–H groups in total. The molecule has 0 amide bonds. The molecule has 0 spiro atoms. The molecular formula is C11H14BrN3O3. The molecule has 0 aliphatic carbocycles. The fraction of sp³-hybridized carbons (Fsp3) is 0.545. The minimum Gasteiger partial charge on any atom is -0.376 e. The van der Waals surface area contributed by atoms with Gasteiger partial charge >= 0.3 is 5.69 Å². The number of nitrogens with one attached hydrogen (secondary N) is 1. The van der Waals surface area contributed by atoms with Gasteiger partial charge in [-0.2, -0.15) is 0 Å². The van der Waals surface area contributed by atoms with Crippen molar-refractivity contribution in [2.45, 2.75) is 25.4 Å². The normalized spacial score (nSPS) is 23.0. The van der Waals surface area contributed by atoms with Gasteiger partial charge in [-0.3, -0.25) is 15.1 Å². The number of anilines is 1. The summed E-state index contributed by atoms with van der Waals surface area (Å²) in [6.07, 6.45) is 4.76. The zero-order valence-electron chi connectivity index (χ0n) is 9.98. The Morgan fingerprint density at radius 1 is 1.67 bits per heavy atom. The molecule has 7 heteroatoms. The summed E-state index contributed by atoms with van der Waals surface area (Å²) in [4.78, 5) is 14.3. The number of halogens is 1. The third kappa shape index (κ3) is 2.78. The minimum absolute atomic E-state index is 0.0361. The number of aromatic nitrogens is 1. The van der Waals surface area contributed by atoms with Gasteiger partial charge in [-0.05, 0) is 35.7 Å². The summed E-state index contributed by atoms with van der Waals surface area (Å²) in [7, 11) is 0. The second-order valence-corrected chi connectivity index (χ2v) is 5.38. The van der Waals surface area contributed by atoms with Crippen molar-refractivity contribution in [2.75, 3.05) is 18.5 Å². The van der Waals surface area contributed by atoms with E-state index in [0.29, 0.717) is 16.7 Å². The fourth-order valence-electron chi connectivity index (χ4n) is 1.99. The SMILES string of the molecule is CC1(CNc2c(Br)cncc2[N+](=O)[O-])CCCO1. The molecule has 98 valence electrons. The maximum atomic E-state index is 10.9. The molecule has 1 unspecified atom stereocenters. The Morgan fingerprint density at radius 2 is 2.44 bits per heavy atom. The lowest BCUT2D eigenvalue weighted by Gasteiger charge is -2.24. The van der Waals surface area contributed by atoms with E-state index < -0.39 is 4.92 Å². The third-order valence-corrected chi connectivity index (χ3v) is 3.62.